The summed E-state index contributed by atoms with van der Waals surface area (Å²) in [7, 11) is 0. The average Bonchev–Trinajstić information content (AvgIpc) is 2.88. The monoisotopic (exact) mass is 317 g/mol. The zero-order valence-corrected chi connectivity index (χ0v) is 11.9. The molecule has 5 nitrogen and oxygen atoms in total. The second kappa shape index (κ2) is 6.21. The van der Waals surface area contributed by atoms with E-state index in [1.807, 2.05) is 5.43 Å². The number of halogens is 2. The Balaban J connectivity index is 2.00. The molecule has 0 atom stereocenters. The third-order valence-corrected chi connectivity index (χ3v) is 3.78. The van der Waals surface area contributed by atoms with Gasteiger partial charge in [-0.1, -0.05) is 23.2 Å². The van der Waals surface area contributed by atoms with Crippen molar-refractivity contribution < 1.29 is 9.53 Å². The number of nitrogens with one attached hydrogen (secondary N) is 1. The number of hydrogen-bond donors (Lipinski definition) is 2. The Bertz CT molecular complexity index is 603. The molecule has 3 N–H and O–H groups in total. The van der Waals surface area contributed by atoms with Gasteiger partial charge in [-0.05, 0) is 12.1 Å². The number of hydrogen-bond acceptors (Lipinski definition) is 5. The zero-order valence-electron chi connectivity index (χ0n) is 9.52. The Morgan fingerprint density at radius 3 is 2.89 bits per heavy atom. The first-order valence-electron chi connectivity index (χ1n) is 5.13. The molecule has 8 heteroatoms. The third-order valence-electron chi connectivity index (χ3n) is 2.15. The second-order valence-electron chi connectivity index (χ2n) is 3.48. The van der Waals surface area contributed by atoms with Crippen molar-refractivity contribution in [3.05, 3.63) is 44.3 Å². The smallest absolute Gasteiger partial charge is 0.294 e. The van der Waals surface area contributed by atoms with E-state index in [1.165, 1.54) is 11.3 Å². The summed E-state index contributed by atoms with van der Waals surface area (Å²) in [6.45, 7) is 0.228. The van der Waals surface area contributed by atoms with E-state index in [1.54, 1.807) is 23.6 Å². The van der Waals surface area contributed by atoms with Gasteiger partial charge in [0.25, 0.3) is 5.91 Å². The molecule has 1 aromatic carbocycles. The summed E-state index contributed by atoms with van der Waals surface area (Å²) in [5.41, 5.74) is 2.65. The van der Waals surface area contributed by atoms with Gasteiger partial charge in [0.1, 0.15) is 12.4 Å². The van der Waals surface area contributed by atoms with E-state index in [0.717, 1.165) is 0 Å². The summed E-state index contributed by atoms with van der Waals surface area (Å²) >= 11 is 12.9. The first-order chi connectivity index (χ1) is 9.10. The summed E-state index contributed by atoms with van der Waals surface area (Å²) in [6, 6.07) is 4.96. The highest BCUT2D eigenvalue weighted by Gasteiger charge is 2.10. The van der Waals surface area contributed by atoms with E-state index in [4.69, 9.17) is 33.8 Å². The van der Waals surface area contributed by atoms with Gasteiger partial charge in [-0.25, -0.2) is 10.8 Å². The number of ether oxygens (including phenoxy) is 1. The molecule has 0 saturated carbocycles. The predicted octanol–water partition coefficient (Wildman–Crippen LogP) is 2.63. The Kier molecular flexibility index (Phi) is 4.60. The summed E-state index contributed by atoms with van der Waals surface area (Å²) in [4.78, 5) is 15.3. The van der Waals surface area contributed by atoms with Crippen LogP contribution in [0.5, 0.6) is 5.75 Å². The molecule has 1 aromatic heterocycles. The van der Waals surface area contributed by atoms with Crippen molar-refractivity contribution >= 4 is 40.4 Å². The highest BCUT2D eigenvalue weighted by atomic mass is 35.5. The minimum Gasteiger partial charge on any atom is -0.487 e. The van der Waals surface area contributed by atoms with E-state index < -0.39 is 5.91 Å². The lowest BCUT2D eigenvalue weighted by molar-refractivity contribution is 0.0953. The number of carbonyl (C=O) groups excluding carboxylic acids is 1. The fraction of sp³-hybridized carbons (Fsp3) is 0.0909. The number of benzene rings is 1. The highest BCUT2D eigenvalue weighted by molar-refractivity contribution is 7.11. The van der Waals surface area contributed by atoms with Crippen LogP contribution in [0.15, 0.2) is 23.6 Å². The number of amides is 1. The normalized spacial score (nSPS) is 10.3. The number of thiazole rings is 1. The maximum Gasteiger partial charge on any atom is 0.294 e. The standard InChI is InChI=1S/C11H9Cl2N3O2S/c12-8-2-1-7(3-9(8)13)18-4-6-5-19-11(15-6)10(17)16-14/h1-3,5H,4,14H2,(H,16,17). The summed E-state index contributed by atoms with van der Waals surface area (Å²) in [5.74, 6) is 5.17. The Morgan fingerprint density at radius 2 is 2.21 bits per heavy atom. The molecule has 2 aromatic rings. The van der Waals surface area contributed by atoms with Gasteiger partial charge >= 0.3 is 0 Å². The van der Waals surface area contributed by atoms with Gasteiger partial charge in [-0.15, -0.1) is 11.3 Å². The predicted molar refractivity (Wildman–Crippen MR) is 74.6 cm³/mol. The minimum atomic E-state index is -0.425. The van der Waals surface area contributed by atoms with Crippen molar-refractivity contribution in [1.82, 2.24) is 10.4 Å². The van der Waals surface area contributed by atoms with Crippen LogP contribution >= 0.6 is 34.5 Å². The van der Waals surface area contributed by atoms with Gasteiger partial charge in [-0.3, -0.25) is 10.2 Å². The topological polar surface area (TPSA) is 77.2 Å². The lowest BCUT2D eigenvalue weighted by Crippen LogP contribution is -2.29. The first-order valence-corrected chi connectivity index (χ1v) is 6.77. The van der Waals surface area contributed by atoms with E-state index in [2.05, 4.69) is 4.98 Å². The van der Waals surface area contributed by atoms with Gasteiger partial charge in [0.05, 0.1) is 15.7 Å². The molecular formula is C11H9Cl2N3O2S. The molecule has 0 aliphatic heterocycles. The zero-order chi connectivity index (χ0) is 13.8. The molecule has 2 rings (SSSR count). The fourth-order valence-corrected chi connectivity index (χ4v) is 2.26. The van der Waals surface area contributed by atoms with Gasteiger partial charge in [0.2, 0.25) is 0 Å². The van der Waals surface area contributed by atoms with Crippen molar-refractivity contribution in [2.45, 2.75) is 6.61 Å². The molecule has 0 aliphatic carbocycles. The molecular weight excluding hydrogens is 309 g/mol. The van der Waals surface area contributed by atoms with Crippen molar-refractivity contribution in [3.63, 3.8) is 0 Å². The number of nitrogen functional groups attached to an aromatic ring is 1. The summed E-state index contributed by atoms with van der Waals surface area (Å²) in [6.07, 6.45) is 0. The lowest BCUT2D eigenvalue weighted by atomic mass is 10.3. The van der Waals surface area contributed by atoms with Gasteiger partial charge < -0.3 is 4.74 Å². The highest BCUT2D eigenvalue weighted by Crippen LogP contribution is 2.26. The van der Waals surface area contributed by atoms with Crippen LogP contribution in [0.25, 0.3) is 0 Å². The van der Waals surface area contributed by atoms with Crippen LogP contribution < -0.4 is 16.0 Å². The van der Waals surface area contributed by atoms with Crippen LogP contribution in [0.3, 0.4) is 0 Å². The van der Waals surface area contributed by atoms with Gasteiger partial charge in [0, 0.05) is 11.4 Å². The van der Waals surface area contributed by atoms with Crippen molar-refractivity contribution in [2.24, 2.45) is 5.84 Å². The first kappa shape index (κ1) is 14.1. The second-order valence-corrected chi connectivity index (χ2v) is 5.15. The number of aromatic nitrogens is 1. The van der Waals surface area contributed by atoms with Gasteiger partial charge in [0.15, 0.2) is 5.01 Å². The van der Waals surface area contributed by atoms with Crippen molar-refractivity contribution in [3.8, 4) is 5.75 Å². The van der Waals surface area contributed by atoms with E-state index in [-0.39, 0.29) is 11.6 Å². The summed E-state index contributed by atoms with van der Waals surface area (Å²) in [5, 5.41) is 2.89. The Hall–Kier alpha value is -1.34. The molecule has 0 saturated heterocycles. The fourth-order valence-electron chi connectivity index (χ4n) is 1.26. The van der Waals surface area contributed by atoms with E-state index >= 15 is 0 Å². The molecule has 0 fully saturated rings. The van der Waals surface area contributed by atoms with E-state index in [0.29, 0.717) is 21.5 Å². The number of hydrazine groups is 1. The van der Waals surface area contributed by atoms with Crippen LogP contribution in [-0.2, 0) is 6.61 Å². The number of rotatable bonds is 4. The van der Waals surface area contributed by atoms with Crippen LogP contribution in [0.2, 0.25) is 10.0 Å². The lowest BCUT2D eigenvalue weighted by Gasteiger charge is -2.05. The third kappa shape index (κ3) is 3.57. The van der Waals surface area contributed by atoms with E-state index in [9.17, 15) is 4.79 Å². The Morgan fingerprint density at radius 1 is 1.42 bits per heavy atom. The SMILES string of the molecule is NNC(=O)c1nc(COc2ccc(Cl)c(Cl)c2)cs1. The maximum absolute atomic E-state index is 11.2. The van der Waals surface area contributed by atoms with Crippen molar-refractivity contribution in [1.29, 1.82) is 0 Å². The largest absolute Gasteiger partial charge is 0.487 e. The molecule has 0 bridgehead atoms. The number of carbonyl (C=O) groups is 1. The average molecular weight is 318 g/mol. The van der Waals surface area contributed by atoms with Crippen molar-refractivity contribution in [2.75, 3.05) is 0 Å². The van der Waals surface area contributed by atoms with Crippen LogP contribution in [0, 0.1) is 0 Å². The molecule has 1 heterocycles. The van der Waals surface area contributed by atoms with Crippen LogP contribution in [0.4, 0.5) is 0 Å². The van der Waals surface area contributed by atoms with Crippen LogP contribution in [-0.4, -0.2) is 10.9 Å². The molecule has 19 heavy (non-hydrogen) atoms. The molecule has 1 amide bonds. The van der Waals surface area contributed by atoms with Crippen LogP contribution in [0.1, 0.15) is 15.5 Å². The quantitative estimate of drug-likeness (QED) is 0.516. The minimum absolute atomic E-state index is 0.228. The number of nitrogens with zero attached hydrogens (tertiary/aromatic N) is 1. The summed E-state index contributed by atoms with van der Waals surface area (Å²) < 4.78 is 5.49. The molecule has 0 aliphatic rings. The number of nitrogens with two attached hydrogens (primary N) is 1. The molecule has 0 radical (unpaired) electrons. The Labute approximate surface area is 123 Å². The molecule has 0 unspecified atom stereocenters. The molecule has 0 spiro atoms. The van der Waals surface area contributed by atoms with Gasteiger partial charge in [-0.2, -0.15) is 0 Å². The maximum atomic E-state index is 11.2. The molecule has 100 valence electrons.